The second kappa shape index (κ2) is 7.18. The number of aryl methyl sites for hydroxylation is 1. The molecule has 1 atom stereocenters. The maximum atomic E-state index is 13.3. The van der Waals surface area contributed by atoms with Gasteiger partial charge in [0.1, 0.15) is 5.82 Å². The zero-order valence-corrected chi connectivity index (χ0v) is 14.5. The van der Waals surface area contributed by atoms with Crippen molar-refractivity contribution in [3.63, 3.8) is 0 Å². The number of aliphatic carboxylic acids is 1. The second-order valence-corrected chi connectivity index (χ2v) is 7.12. The number of hydrogen-bond acceptors (Lipinski definition) is 4. The van der Waals surface area contributed by atoms with Gasteiger partial charge in [-0.1, -0.05) is 12.1 Å². The monoisotopic (exact) mass is 363 g/mol. The fourth-order valence-electron chi connectivity index (χ4n) is 2.79. The van der Waals surface area contributed by atoms with E-state index in [0.29, 0.717) is 24.5 Å². The van der Waals surface area contributed by atoms with Gasteiger partial charge >= 0.3 is 12.0 Å². The number of aromatic nitrogens is 1. The number of rotatable bonds is 4. The third-order valence-electron chi connectivity index (χ3n) is 4.18. The van der Waals surface area contributed by atoms with Crippen molar-refractivity contribution < 1.29 is 19.1 Å². The molecule has 2 N–H and O–H groups in total. The van der Waals surface area contributed by atoms with Crippen molar-refractivity contribution >= 4 is 28.5 Å². The van der Waals surface area contributed by atoms with Gasteiger partial charge in [0.15, 0.2) is 5.13 Å². The number of urea groups is 1. The van der Waals surface area contributed by atoms with Crippen LogP contribution in [0.25, 0.3) is 0 Å². The predicted molar refractivity (Wildman–Crippen MR) is 92.4 cm³/mol. The fraction of sp³-hybridized carbons (Fsp3) is 0.353. The molecule has 2 heterocycles. The van der Waals surface area contributed by atoms with Crippen LogP contribution in [-0.4, -0.2) is 40.1 Å². The maximum Gasteiger partial charge on any atom is 0.323 e. The Kier molecular flexibility index (Phi) is 4.98. The van der Waals surface area contributed by atoms with Crippen LogP contribution in [0, 0.1) is 18.7 Å². The Balaban J connectivity index is 1.64. The first-order valence-electron chi connectivity index (χ1n) is 7.92. The van der Waals surface area contributed by atoms with Crippen LogP contribution in [0.1, 0.15) is 22.6 Å². The smallest absolute Gasteiger partial charge is 0.323 e. The molecule has 0 aliphatic carbocycles. The minimum atomic E-state index is -0.877. The SMILES string of the molecule is Cc1nc(NC(=O)N2CCC(C(=O)O)C2)sc1Cc1cccc(F)c1. The first-order chi connectivity index (χ1) is 11.9. The summed E-state index contributed by atoms with van der Waals surface area (Å²) >= 11 is 1.35. The Bertz CT molecular complexity index is 808. The van der Waals surface area contributed by atoms with Crippen LogP contribution in [0.5, 0.6) is 0 Å². The number of benzene rings is 1. The van der Waals surface area contributed by atoms with E-state index in [9.17, 15) is 14.0 Å². The van der Waals surface area contributed by atoms with Gasteiger partial charge in [0, 0.05) is 24.4 Å². The average Bonchev–Trinajstić information content (AvgIpc) is 3.15. The Morgan fingerprint density at radius 1 is 1.48 bits per heavy atom. The Labute approximate surface area is 148 Å². The zero-order valence-electron chi connectivity index (χ0n) is 13.7. The molecule has 2 aromatic rings. The van der Waals surface area contributed by atoms with E-state index in [1.165, 1.54) is 28.4 Å². The second-order valence-electron chi connectivity index (χ2n) is 6.03. The quantitative estimate of drug-likeness (QED) is 0.874. The molecule has 8 heteroatoms. The van der Waals surface area contributed by atoms with Gasteiger partial charge in [-0.05, 0) is 31.0 Å². The number of carbonyl (C=O) groups is 2. The topological polar surface area (TPSA) is 82.5 Å². The van der Waals surface area contributed by atoms with Gasteiger partial charge in [0.05, 0.1) is 11.6 Å². The normalized spacial score (nSPS) is 16.9. The number of likely N-dealkylation sites (tertiary alicyclic amines) is 1. The molecule has 0 bridgehead atoms. The summed E-state index contributed by atoms with van der Waals surface area (Å²) in [4.78, 5) is 30.0. The molecule has 0 radical (unpaired) electrons. The maximum absolute atomic E-state index is 13.3. The van der Waals surface area contributed by atoms with Crippen LogP contribution in [0.4, 0.5) is 14.3 Å². The number of amides is 2. The summed E-state index contributed by atoms with van der Waals surface area (Å²) in [7, 11) is 0. The summed E-state index contributed by atoms with van der Waals surface area (Å²) in [6.07, 6.45) is 1.01. The van der Waals surface area contributed by atoms with E-state index in [1.54, 1.807) is 6.07 Å². The Morgan fingerprint density at radius 2 is 2.28 bits per heavy atom. The van der Waals surface area contributed by atoms with Crippen molar-refractivity contribution in [2.45, 2.75) is 19.8 Å². The number of anilines is 1. The molecule has 1 aromatic carbocycles. The predicted octanol–water partition coefficient (Wildman–Crippen LogP) is 3.12. The Hall–Kier alpha value is -2.48. The van der Waals surface area contributed by atoms with Crippen molar-refractivity contribution in [2.24, 2.45) is 5.92 Å². The number of nitrogens with one attached hydrogen (secondary N) is 1. The number of hydrogen-bond donors (Lipinski definition) is 2. The molecule has 1 aromatic heterocycles. The van der Waals surface area contributed by atoms with Gasteiger partial charge in [-0.3, -0.25) is 10.1 Å². The van der Waals surface area contributed by atoms with Gasteiger partial charge in [0.2, 0.25) is 0 Å². The van der Waals surface area contributed by atoms with Crippen LogP contribution in [-0.2, 0) is 11.2 Å². The molecule has 1 fully saturated rings. The van der Waals surface area contributed by atoms with E-state index < -0.39 is 11.9 Å². The summed E-state index contributed by atoms with van der Waals surface area (Å²) in [5, 5.41) is 12.2. The molecule has 1 unspecified atom stereocenters. The number of nitrogens with zero attached hydrogens (tertiary/aromatic N) is 2. The van der Waals surface area contributed by atoms with E-state index >= 15 is 0 Å². The summed E-state index contributed by atoms with van der Waals surface area (Å²) in [6, 6.07) is 6.05. The highest BCUT2D eigenvalue weighted by Gasteiger charge is 2.31. The zero-order chi connectivity index (χ0) is 18.0. The first kappa shape index (κ1) is 17.3. The molecular formula is C17H18FN3O3S. The summed E-state index contributed by atoms with van der Waals surface area (Å²) in [5.41, 5.74) is 1.63. The molecule has 3 rings (SSSR count). The standard InChI is InChI=1S/C17H18FN3O3S/c1-10-14(8-11-3-2-4-13(18)7-11)25-16(19-10)20-17(24)21-6-5-12(9-21)15(22)23/h2-4,7,12H,5-6,8-9H2,1H3,(H,22,23)(H,19,20,24). The number of carboxylic acid groups (broad SMARTS) is 1. The number of carbonyl (C=O) groups excluding carboxylic acids is 1. The van der Waals surface area contributed by atoms with Crippen LogP contribution in [0.15, 0.2) is 24.3 Å². The van der Waals surface area contributed by atoms with E-state index in [0.717, 1.165) is 16.1 Å². The number of thiazole rings is 1. The number of halogens is 1. The molecular weight excluding hydrogens is 345 g/mol. The minimum absolute atomic E-state index is 0.210. The lowest BCUT2D eigenvalue weighted by Gasteiger charge is -2.15. The van der Waals surface area contributed by atoms with E-state index in [-0.39, 0.29) is 18.4 Å². The molecule has 2 amide bonds. The molecule has 1 aliphatic heterocycles. The van der Waals surface area contributed by atoms with E-state index in [1.807, 2.05) is 13.0 Å². The summed E-state index contributed by atoms with van der Waals surface area (Å²) in [6.45, 7) is 2.47. The van der Waals surface area contributed by atoms with Crippen LogP contribution in [0.2, 0.25) is 0 Å². The molecule has 0 saturated carbocycles. The Morgan fingerprint density at radius 3 is 2.96 bits per heavy atom. The fourth-order valence-corrected chi connectivity index (χ4v) is 3.78. The van der Waals surface area contributed by atoms with Crippen molar-refractivity contribution in [2.75, 3.05) is 18.4 Å². The highest BCUT2D eigenvalue weighted by Crippen LogP contribution is 2.26. The molecule has 1 saturated heterocycles. The van der Waals surface area contributed by atoms with Crippen molar-refractivity contribution in [1.29, 1.82) is 0 Å². The van der Waals surface area contributed by atoms with Crippen molar-refractivity contribution in [1.82, 2.24) is 9.88 Å². The molecule has 1 aliphatic rings. The van der Waals surface area contributed by atoms with E-state index in [2.05, 4.69) is 10.3 Å². The van der Waals surface area contributed by atoms with E-state index in [4.69, 9.17) is 5.11 Å². The van der Waals surface area contributed by atoms with Gasteiger partial charge in [-0.15, -0.1) is 11.3 Å². The lowest BCUT2D eigenvalue weighted by molar-refractivity contribution is -0.141. The first-order valence-corrected chi connectivity index (χ1v) is 8.73. The van der Waals surface area contributed by atoms with Crippen LogP contribution in [0.3, 0.4) is 0 Å². The molecule has 6 nitrogen and oxygen atoms in total. The van der Waals surface area contributed by atoms with Crippen molar-refractivity contribution in [3.8, 4) is 0 Å². The lowest BCUT2D eigenvalue weighted by atomic mass is 10.1. The van der Waals surface area contributed by atoms with Crippen LogP contribution < -0.4 is 5.32 Å². The third-order valence-corrected chi connectivity index (χ3v) is 5.26. The van der Waals surface area contributed by atoms with Crippen LogP contribution >= 0.6 is 11.3 Å². The van der Waals surface area contributed by atoms with Gasteiger partial charge < -0.3 is 10.0 Å². The summed E-state index contributed by atoms with van der Waals surface area (Å²) < 4.78 is 13.3. The molecule has 132 valence electrons. The molecule has 25 heavy (non-hydrogen) atoms. The largest absolute Gasteiger partial charge is 0.481 e. The van der Waals surface area contributed by atoms with Crippen molar-refractivity contribution in [3.05, 3.63) is 46.2 Å². The third kappa shape index (κ3) is 4.14. The summed E-state index contributed by atoms with van der Waals surface area (Å²) in [5.74, 6) is -1.67. The average molecular weight is 363 g/mol. The highest BCUT2D eigenvalue weighted by molar-refractivity contribution is 7.15. The van der Waals surface area contributed by atoms with Gasteiger partial charge in [0.25, 0.3) is 0 Å². The minimum Gasteiger partial charge on any atom is -0.481 e. The van der Waals surface area contributed by atoms with Gasteiger partial charge in [-0.2, -0.15) is 0 Å². The van der Waals surface area contributed by atoms with Gasteiger partial charge in [-0.25, -0.2) is 14.2 Å². The highest BCUT2D eigenvalue weighted by atomic mass is 32.1. The number of carboxylic acids is 1. The molecule has 0 spiro atoms. The lowest BCUT2D eigenvalue weighted by Crippen LogP contribution is -2.33.